The van der Waals surface area contributed by atoms with Crippen molar-refractivity contribution in [2.24, 2.45) is 0 Å². The molecule has 0 amide bonds. The Morgan fingerprint density at radius 1 is 1.18 bits per heavy atom. The summed E-state index contributed by atoms with van der Waals surface area (Å²) in [5.41, 5.74) is 2.24. The second-order valence-corrected chi connectivity index (χ2v) is 4.06. The van der Waals surface area contributed by atoms with Crippen molar-refractivity contribution in [1.82, 2.24) is 9.97 Å². The molecule has 1 aromatic carbocycles. The van der Waals surface area contributed by atoms with Gasteiger partial charge in [-0.05, 0) is 18.6 Å². The fraction of sp³-hybridized carbons (Fsp3) is 0.154. The zero-order valence-corrected chi connectivity index (χ0v) is 9.52. The monoisotopic (exact) mass is 226 g/mol. The highest BCUT2D eigenvalue weighted by Crippen LogP contribution is 2.20. The molecule has 0 aliphatic rings. The number of hydrogen-bond acceptors (Lipinski definition) is 4. The average molecular weight is 226 g/mol. The normalized spacial score (nSPS) is 11.2. The largest absolute Gasteiger partial charge is 0.408 e. The van der Waals surface area contributed by atoms with Crippen molar-refractivity contribution in [3.05, 3.63) is 46.3 Å². The lowest BCUT2D eigenvalue weighted by Gasteiger charge is -2.02. The SMILES string of the molecule is Cc1ccc2c(c1)ncc1c(=O)oc(C)nc12. The van der Waals surface area contributed by atoms with Gasteiger partial charge in [0.1, 0.15) is 5.39 Å². The van der Waals surface area contributed by atoms with Crippen LogP contribution in [0.25, 0.3) is 21.8 Å². The van der Waals surface area contributed by atoms with Gasteiger partial charge in [-0.3, -0.25) is 4.98 Å². The van der Waals surface area contributed by atoms with E-state index < -0.39 is 0 Å². The van der Waals surface area contributed by atoms with Crippen molar-refractivity contribution >= 4 is 21.8 Å². The summed E-state index contributed by atoms with van der Waals surface area (Å²) in [6.07, 6.45) is 1.52. The van der Waals surface area contributed by atoms with E-state index in [2.05, 4.69) is 9.97 Å². The second-order valence-electron chi connectivity index (χ2n) is 4.06. The topological polar surface area (TPSA) is 56.0 Å². The summed E-state index contributed by atoms with van der Waals surface area (Å²) in [6, 6.07) is 5.89. The van der Waals surface area contributed by atoms with Crippen LogP contribution in [0.4, 0.5) is 0 Å². The van der Waals surface area contributed by atoms with E-state index in [9.17, 15) is 4.79 Å². The molecule has 0 spiro atoms. The molecule has 0 radical (unpaired) electrons. The molecule has 0 N–H and O–H groups in total. The standard InChI is InChI=1S/C13H10N2O2/c1-7-3-4-9-11(5-7)14-6-10-12(9)15-8(2)17-13(10)16/h3-6H,1-2H3. The lowest BCUT2D eigenvalue weighted by atomic mass is 10.1. The maximum Gasteiger partial charge on any atom is 0.348 e. The molecule has 3 rings (SSSR count). The number of pyridine rings is 1. The van der Waals surface area contributed by atoms with Crippen molar-refractivity contribution in [3.63, 3.8) is 0 Å². The van der Waals surface area contributed by atoms with E-state index in [0.717, 1.165) is 16.5 Å². The van der Waals surface area contributed by atoms with Crippen molar-refractivity contribution in [2.45, 2.75) is 13.8 Å². The fourth-order valence-electron chi connectivity index (χ4n) is 1.93. The van der Waals surface area contributed by atoms with Crippen LogP contribution in [0.3, 0.4) is 0 Å². The lowest BCUT2D eigenvalue weighted by molar-refractivity contribution is 0.467. The highest BCUT2D eigenvalue weighted by molar-refractivity contribution is 6.02. The van der Waals surface area contributed by atoms with Crippen molar-refractivity contribution in [1.29, 1.82) is 0 Å². The van der Waals surface area contributed by atoms with Crippen LogP contribution in [0.15, 0.2) is 33.6 Å². The predicted octanol–water partition coefficient (Wildman–Crippen LogP) is 2.35. The summed E-state index contributed by atoms with van der Waals surface area (Å²) in [7, 11) is 0. The van der Waals surface area contributed by atoms with E-state index >= 15 is 0 Å². The zero-order valence-electron chi connectivity index (χ0n) is 9.52. The Labute approximate surface area is 96.9 Å². The molecule has 4 nitrogen and oxygen atoms in total. The molecule has 0 saturated carbocycles. The Balaban J connectivity index is 2.59. The van der Waals surface area contributed by atoms with E-state index in [-0.39, 0.29) is 5.63 Å². The molecule has 0 bridgehead atoms. The quantitative estimate of drug-likeness (QED) is 0.552. The van der Waals surface area contributed by atoms with Crippen LogP contribution in [0.1, 0.15) is 11.5 Å². The number of benzene rings is 1. The van der Waals surface area contributed by atoms with Gasteiger partial charge in [-0.15, -0.1) is 0 Å². The van der Waals surface area contributed by atoms with Gasteiger partial charge >= 0.3 is 5.63 Å². The van der Waals surface area contributed by atoms with Crippen molar-refractivity contribution in [3.8, 4) is 0 Å². The highest BCUT2D eigenvalue weighted by atomic mass is 16.4. The predicted molar refractivity (Wildman–Crippen MR) is 65.1 cm³/mol. The molecule has 0 atom stereocenters. The summed E-state index contributed by atoms with van der Waals surface area (Å²) in [5.74, 6) is 0.371. The minimum atomic E-state index is -0.387. The Kier molecular flexibility index (Phi) is 1.98. The van der Waals surface area contributed by atoms with Gasteiger partial charge in [-0.2, -0.15) is 0 Å². The summed E-state index contributed by atoms with van der Waals surface area (Å²) in [6.45, 7) is 3.67. The zero-order chi connectivity index (χ0) is 12.0. The van der Waals surface area contributed by atoms with E-state index in [1.807, 2.05) is 25.1 Å². The Hall–Kier alpha value is -2.23. The Morgan fingerprint density at radius 3 is 2.82 bits per heavy atom. The smallest absolute Gasteiger partial charge is 0.348 e. The molecule has 0 saturated heterocycles. The van der Waals surface area contributed by atoms with Gasteiger partial charge in [0.05, 0.1) is 11.0 Å². The van der Waals surface area contributed by atoms with Crippen LogP contribution in [-0.2, 0) is 0 Å². The third-order valence-electron chi connectivity index (χ3n) is 2.73. The van der Waals surface area contributed by atoms with Crippen LogP contribution in [0.2, 0.25) is 0 Å². The van der Waals surface area contributed by atoms with Gasteiger partial charge < -0.3 is 4.42 Å². The fourth-order valence-corrected chi connectivity index (χ4v) is 1.93. The van der Waals surface area contributed by atoms with Gasteiger partial charge in [0.25, 0.3) is 0 Å². The van der Waals surface area contributed by atoms with E-state index in [4.69, 9.17) is 4.42 Å². The van der Waals surface area contributed by atoms with Crippen LogP contribution in [-0.4, -0.2) is 9.97 Å². The highest BCUT2D eigenvalue weighted by Gasteiger charge is 2.08. The first-order chi connectivity index (χ1) is 8.15. The van der Waals surface area contributed by atoms with E-state index in [1.165, 1.54) is 6.20 Å². The third kappa shape index (κ3) is 1.49. The summed E-state index contributed by atoms with van der Waals surface area (Å²) >= 11 is 0. The molecular formula is C13H10N2O2. The number of aryl methyl sites for hydroxylation is 2. The van der Waals surface area contributed by atoms with Crippen molar-refractivity contribution < 1.29 is 4.42 Å². The summed E-state index contributed by atoms with van der Waals surface area (Å²) < 4.78 is 4.96. The van der Waals surface area contributed by atoms with Crippen LogP contribution >= 0.6 is 0 Å². The minimum absolute atomic E-state index is 0.371. The number of rotatable bonds is 0. The first-order valence-electron chi connectivity index (χ1n) is 5.32. The van der Waals surface area contributed by atoms with Gasteiger partial charge in [-0.1, -0.05) is 12.1 Å². The molecule has 0 aliphatic heterocycles. The maximum absolute atomic E-state index is 11.7. The summed E-state index contributed by atoms with van der Waals surface area (Å²) in [4.78, 5) is 20.2. The van der Waals surface area contributed by atoms with Crippen molar-refractivity contribution in [2.75, 3.05) is 0 Å². The first kappa shape index (κ1) is 9.96. The van der Waals surface area contributed by atoms with Crippen LogP contribution in [0.5, 0.6) is 0 Å². The Morgan fingerprint density at radius 2 is 2.00 bits per heavy atom. The maximum atomic E-state index is 11.7. The molecule has 2 heterocycles. The molecule has 4 heteroatoms. The second kappa shape index (κ2) is 3.38. The van der Waals surface area contributed by atoms with Gasteiger partial charge in [-0.25, -0.2) is 9.78 Å². The molecule has 0 aliphatic carbocycles. The molecule has 2 aromatic heterocycles. The minimum Gasteiger partial charge on any atom is -0.408 e. The van der Waals surface area contributed by atoms with Gasteiger partial charge in [0, 0.05) is 18.5 Å². The van der Waals surface area contributed by atoms with E-state index in [0.29, 0.717) is 16.8 Å². The molecule has 17 heavy (non-hydrogen) atoms. The summed E-state index contributed by atoms with van der Waals surface area (Å²) in [5, 5.41) is 1.30. The lowest BCUT2D eigenvalue weighted by Crippen LogP contribution is -2.03. The molecule has 3 aromatic rings. The first-order valence-corrected chi connectivity index (χ1v) is 5.32. The van der Waals surface area contributed by atoms with E-state index in [1.54, 1.807) is 6.92 Å². The van der Waals surface area contributed by atoms with Crippen LogP contribution in [0, 0.1) is 13.8 Å². The number of aromatic nitrogens is 2. The number of nitrogens with zero attached hydrogens (tertiary/aromatic N) is 2. The average Bonchev–Trinajstić information content (AvgIpc) is 2.27. The molecule has 84 valence electrons. The number of fused-ring (bicyclic) bond motifs is 3. The number of hydrogen-bond donors (Lipinski definition) is 0. The third-order valence-corrected chi connectivity index (χ3v) is 2.73. The van der Waals surface area contributed by atoms with Gasteiger partial charge in [0.15, 0.2) is 5.89 Å². The van der Waals surface area contributed by atoms with Crippen LogP contribution < -0.4 is 5.63 Å². The van der Waals surface area contributed by atoms with Gasteiger partial charge in [0.2, 0.25) is 0 Å². The Bertz CT molecular complexity index is 790. The molecule has 0 fully saturated rings. The molecular weight excluding hydrogens is 216 g/mol. The molecule has 0 unspecified atom stereocenters.